The van der Waals surface area contributed by atoms with E-state index in [1.807, 2.05) is 11.3 Å². The monoisotopic (exact) mass is 310 g/mol. The lowest BCUT2D eigenvalue weighted by Crippen LogP contribution is -2.48. The molecule has 120 valence electrons. The number of hydrogen-bond donors (Lipinski definition) is 1. The molecule has 2 heterocycles. The van der Waals surface area contributed by atoms with Gasteiger partial charge in [-0.25, -0.2) is 4.98 Å². The van der Waals surface area contributed by atoms with E-state index in [2.05, 4.69) is 49.7 Å². The van der Waals surface area contributed by atoms with Gasteiger partial charge in [-0.15, -0.1) is 11.3 Å². The molecule has 0 radical (unpaired) electrons. The Hall–Kier alpha value is -0.650. The van der Waals surface area contributed by atoms with E-state index in [0.29, 0.717) is 12.0 Å². The third-order valence-electron chi connectivity index (χ3n) is 4.11. The van der Waals surface area contributed by atoms with Gasteiger partial charge in [0.15, 0.2) is 5.13 Å². The van der Waals surface area contributed by atoms with Crippen LogP contribution in [0.3, 0.4) is 0 Å². The number of aromatic nitrogens is 1. The Bertz CT molecular complexity index is 433. The maximum atomic E-state index is 4.94. The molecule has 0 bridgehead atoms. The number of rotatable bonds is 6. The van der Waals surface area contributed by atoms with Gasteiger partial charge in [-0.3, -0.25) is 4.90 Å². The summed E-state index contributed by atoms with van der Waals surface area (Å²) in [5.74, 6) is 0.501. The van der Waals surface area contributed by atoms with Crippen LogP contribution in [0.25, 0.3) is 0 Å². The first-order valence-electron chi connectivity index (χ1n) is 8.22. The molecule has 1 aliphatic rings. The van der Waals surface area contributed by atoms with Crippen LogP contribution >= 0.6 is 11.3 Å². The second-order valence-electron chi connectivity index (χ2n) is 6.36. The minimum absolute atomic E-state index is 0.501. The lowest BCUT2D eigenvalue weighted by atomic mass is 10.1. The van der Waals surface area contributed by atoms with Crippen molar-refractivity contribution in [2.45, 2.75) is 53.1 Å². The Labute approximate surface area is 133 Å². The zero-order valence-electron chi connectivity index (χ0n) is 14.1. The zero-order valence-corrected chi connectivity index (χ0v) is 15.0. The van der Waals surface area contributed by atoms with Crippen LogP contribution in [0.4, 0.5) is 5.13 Å². The molecule has 0 aromatic carbocycles. The van der Waals surface area contributed by atoms with Gasteiger partial charge >= 0.3 is 0 Å². The first kappa shape index (κ1) is 16.7. The minimum Gasteiger partial charge on any atom is -0.346 e. The van der Waals surface area contributed by atoms with Crippen molar-refractivity contribution in [3.8, 4) is 0 Å². The first-order valence-corrected chi connectivity index (χ1v) is 9.03. The fourth-order valence-electron chi connectivity index (χ4n) is 2.73. The molecule has 0 spiro atoms. The highest BCUT2D eigenvalue weighted by molar-refractivity contribution is 7.15. The van der Waals surface area contributed by atoms with E-state index in [1.165, 1.54) is 15.7 Å². The molecule has 1 aromatic heterocycles. The van der Waals surface area contributed by atoms with Crippen LogP contribution in [-0.2, 0) is 6.54 Å². The van der Waals surface area contributed by atoms with Gasteiger partial charge in [0.25, 0.3) is 0 Å². The van der Waals surface area contributed by atoms with Crippen LogP contribution in [0, 0.1) is 0 Å². The molecule has 0 atom stereocenters. The van der Waals surface area contributed by atoms with E-state index >= 15 is 0 Å². The quantitative estimate of drug-likeness (QED) is 0.875. The standard InChI is InChI=1S/C16H30N4S/c1-6-17-11-14-15(12(2)3)18-16(21-14)20-9-7-19(8-10-20)13(4)5/h12-13,17H,6-11H2,1-5H3. The van der Waals surface area contributed by atoms with Crippen LogP contribution in [-0.4, -0.2) is 48.6 Å². The second kappa shape index (κ2) is 7.56. The molecule has 5 heteroatoms. The van der Waals surface area contributed by atoms with Crippen LogP contribution in [0.1, 0.15) is 51.1 Å². The van der Waals surface area contributed by atoms with E-state index in [0.717, 1.165) is 39.3 Å². The van der Waals surface area contributed by atoms with E-state index in [9.17, 15) is 0 Å². The largest absolute Gasteiger partial charge is 0.346 e. The maximum Gasteiger partial charge on any atom is 0.185 e. The van der Waals surface area contributed by atoms with Crippen molar-refractivity contribution < 1.29 is 0 Å². The maximum absolute atomic E-state index is 4.94. The third-order valence-corrected chi connectivity index (χ3v) is 5.25. The van der Waals surface area contributed by atoms with Gasteiger partial charge < -0.3 is 10.2 Å². The summed E-state index contributed by atoms with van der Waals surface area (Å²) >= 11 is 1.88. The number of nitrogens with one attached hydrogen (secondary N) is 1. The Kier molecular flexibility index (Phi) is 6.02. The van der Waals surface area contributed by atoms with Crippen molar-refractivity contribution in [2.75, 3.05) is 37.6 Å². The minimum atomic E-state index is 0.501. The smallest absolute Gasteiger partial charge is 0.185 e. The third kappa shape index (κ3) is 4.18. The van der Waals surface area contributed by atoms with Crippen molar-refractivity contribution in [1.82, 2.24) is 15.2 Å². The highest BCUT2D eigenvalue weighted by Gasteiger charge is 2.23. The number of anilines is 1. The summed E-state index contributed by atoms with van der Waals surface area (Å²) in [6.07, 6.45) is 0. The van der Waals surface area contributed by atoms with E-state index in [4.69, 9.17) is 4.98 Å². The summed E-state index contributed by atoms with van der Waals surface area (Å²) in [5, 5.41) is 4.66. The molecular weight excluding hydrogens is 280 g/mol. The molecule has 0 saturated carbocycles. The van der Waals surface area contributed by atoms with E-state index in [1.54, 1.807) is 0 Å². The topological polar surface area (TPSA) is 31.4 Å². The normalized spacial score (nSPS) is 17.2. The zero-order chi connectivity index (χ0) is 15.4. The molecule has 21 heavy (non-hydrogen) atoms. The predicted molar refractivity (Wildman–Crippen MR) is 92.5 cm³/mol. The Balaban J connectivity index is 2.06. The SMILES string of the molecule is CCNCc1sc(N2CCN(C(C)C)CC2)nc1C(C)C. The van der Waals surface area contributed by atoms with Crippen molar-refractivity contribution in [2.24, 2.45) is 0 Å². The average Bonchev–Trinajstić information content (AvgIpc) is 2.89. The van der Waals surface area contributed by atoms with Gasteiger partial charge in [0.1, 0.15) is 0 Å². The van der Waals surface area contributed by atoms with Gasteiger partial charge in [0, 0.05) is 43.6 Å². The lowest BCUT2D eigenvalue weighted by Gasteiger charge is -2.36. The summed E-state index contributed by atoms with van der Waals surface area (Å²) < 4.78 is 0. The summed E-state index contributed by atoms with van der Waals surface area (Å²) in [7, 11) is 0. The molecule has 4 nitrogen and oxygen atoms in total. The lowest BCUT2D eigenvalue weighted by molar-refractivity contribution is 0.209. The fraction of sp³-hybridized carbons (Fsp3) is 0.812. The number of nitrogens with zero attached hydrogens (tertiary/aromatic N) is 3. The Morgan fingerprint density at radius 2 is 1.81 bits per heavy atom. The van der Waals surface area contributed by atoms with Gasteiger partial charge in [-0.2, -0.15) is 0 Å². The van der Waals surface area contributed by atoms with Crippen molar-refractivity contribution in [1.29, 1.82) is 0 Å². The molecule has 0 aliphatic carbocycles. The van der Waals surface area contributed by atoms with Crippen LogP contribution in [0.15, 0.2) is 0 Å². The molecule has 1 aliphatic heterocycles. The summed E-state index contributed by atoms with van der Waals surface area (Å²) in [6.45, 7) is 17.7. The Morgan fingerprint density at radius 1 is 1.14 bits per heavy atom. The van der Waals surface area contributed by atoms with E-state index < -0.39 is 0 Å². The molecule has 1 saturated heterocycles. The van der Waals surface area contributed by atoms with Crippen LogP contribution in [0.2, 0.25) is 0 Å². The summed E-state index contributed by atoms with van der Waals surface area (Å²) in [6, 6.07) is 0.652. The van der Waals surface area contributed by atoms with Crippen molar-refractivity contribution in [3.05, 3.63) is 10.6 Å². The summed E-state index contributed by atoms with van der Waals surface area (Å²) in [5.41, 5.74) is 1.28. The molecular formula is C16H30N4S. The molecule has 1 N–H and O–H groups in total. The number of piperazine rings is 1. The first-order chi connectivity index (χ1) is 10.0. The molecule has 0 amide bonds. The molecule has 1 aromatic rings. The number of hydrogen-bond acceptors (Lipinski definition) is 5. The van der Waals surface area contributed by atoms with Gasteiger partial charge in [0.05, 0.1) is 5.69 Å². The van der Waals surface area contributed by atoms with E-state index in [-0.39, 0.29) is 0 Å². The van der Waals surface area contributed by atoms with Gasteiger partial charge in [-0.05, 0) is 26.3 Å². The van der Waals surface area contributed by atoms with Crippen LogP contribution < -0.4 is 10.2 Å². The predicted octanol–water partition coefficient (Wildman–Crippen LogP) is 2.91. The highest BCUT2D eigenvalue weighted by atomic mass is 32.1. The van der Waals surface area contributed by atoms with Gasteiger partial charge in [-0.1, -0.05) is 20.8 Å². The van der Waals surface area contributed by atoms with Crippen molar-refractivity contribution >= 4 is 16.5 Å². The molecule has 1 fully saturated rings. The average molecular weight is 311 g/mol. The molecule has 0 unspecified atom stereocenters. The molecule has 2 rings (SSSR count). The second-order valence-corrected chi connectivity index (χ2v) is 7.42. The number of thiazole rings is 1. The Morgan fingerprint density at radius 3 is 2.33 bits per heavy atom. The highest BCUT2D eigenvalue weighted by Crippen LogP contribution is 2.31. The summed E-state index contributed by atoms with van der Waals surface area (Å²) in [4.78, 5) is 11.4. The van der Waals surface area contributed by atoms with Gasteiger partial charge in [0.2, 0.25) is 0 Å². The fourth-order valence-corrected chi connectivity index (χ4v) is 3.97. The van der Waals surface area contributed by atoms with Crippen LogP contribution in [0.5, 0.6) is 0 Å². The van der Waals surface area contributed by atoms with Crippen molar-refractivity contribution in [3.63, 3.8) is 0 Å².